The molecule has 8 nitrogen and oxygen atoms in total. The maximum absolute atomic E-state index is 13.2. The van der Waals surface area contributed by atoms with Crippen molar-refractivity contribution in [2.75, 3.05) is 13.1 Å². The van der Waals surface area contributed by atoms with E-state index in [1.54, 1.807) is 35.1 Å². The molecule has 162 valence electrons. The van der Waals surface area contributed by atoms with Crippen molar-refractivity contribution in [2.45, 2.75) is 26.3 Å². The van der Waals surface area contributed by atoms with Crippen molar-refractivity contribution in [3.05, 3.63) is 87.5 Å². The number of carbonyl (C=O) groups is 1. The van der Waals surface area contributed by atoms with Crippen molar-refractivity contribution in [3.8, 4) is 0 Å². The Balaban J connectivity index is 1.37. The Morgan fingerprint density at radius 1 is 1.09 bits per heavy atom. The largest absolute Gasteiger partial charge is 0.338 e. The Bertz CT molecular complexity index is 1370. The smallest absolute Gasteiger partial charge is 0.256 e. The van der Waals surface area contributed by atoms with E-state index in [-0.39, 0.29) is 11.5 Å². The number of fused-ring (bicyclic) bond motifs is 2. The number of imidazole rings is 1. The first-order valence-electron chi connectivity index (χ1n) is 10.7. The second-order valence-electron chi connectivity index (χ2n) is 8.17. The zero-order valence-corrected chi connectivity index (χ0v) is 18.2. The molecule has 1 amide bonds. The van der Waals surface area contributed by atoms with Crippen LogP contribution in [0, 0.1) is 6.92 Å². The molecule has 0 fully saturated rings. The standard InChI is InChI=1S/C24H24N6O2/c1-16-27-20-9-11-29(10-8-19(20)24(32)28(16)2)23(31)18-12-21-22(25-13-18)30(15-26-21)14-17-6-4-3-5-7-17/h3-7,12-13,15H,8-11,14H2,1-2H3. The van der Waals surface area contributed by atoms with Crippen molar-refractivity contribution >= 4 is 17.1 Å². The molecule has 0 unspecified atom stereocenters. The van der Waals surface area contributed by atoms with E-state index in [0.29, 0.717) is 54.9 Å². The summed E-state index contributed by atoms with van der Waals surface area (Å²) in [5, 5.41) is 0. The molecule has 0 radical (unpaired) electrons. The lowest BCUT2D eigenvalue weighted by atomic mass is 10.1. The Hall–Kier alpha value is -3.81. The molecule has 0 spiro atoms. The molecule has 1 aliphatic heterocycles. The number of rotatable bonds is 3. The second kappa shape index (κ2) is 8.03. The molecular weight excluding hydrogens is 404 g/mol. The molecule has 0 saturated heterocycles. The lowest BCUT2D eigenvalue weighted by Crippen LogP contribution is -2.33. The quantitative estimate of drug-likeness (QED) is 0.499. The molecule has 4 aromatic rings. The number of hydrogen-bond donors (Lipinski definition) is 0. The number of pyridine rings is 1. The van der Waals surface area contributed by atoms with Gasteiger partial charge in [-0.1, -0.05) is 30.3 Å². The summed E-state index contributed by atoms with van der Waals surface area (Å²) in [4.78, 5) is 41.2. The average molecular weight is 428 g/mol. The molecule has 1 aliphatic rings. The highest BCUT2D eigenvalue weighted by molar-refractivity contribution is 5.96. The number of benzene rings is 1. The summed E-state index contributed by atoms with van der Waals surface area (Å²) in [7, 11) is 1.73. The molecule has 0 N–H and O–H groups in total. The van der Waals surface area contributed by atoms with Crippen LogP contribution in [-0.2, 0) is 26.4 Å². The summed E-state index contributed by atoms with van der Waals surface area (Å²) in [6.45, 7) is 3.49. The van der Waals surface area contributed by atoms with Gasteiger partial charge < -0.3 is 9.47 Å². The van der Waals surface area contributed by atoms with E-state index < -0.39 is 0 Å². The zero-order valence-electron chi connectivity index (χ0n) is 18.2. The van der Waals surface area contributed by atoms with Gasteiger partial charge in [0.15, 0.2) is 5.65 Å². The molecule has 8 heteroatoms. The van der Waals surface area contributed by atoms with Gasteiger partial charge in [-0.15, -0.1) is 0 Å². The van der Waals surface area contributed by atoms with E-state index in [4.69, 9.17) is 0 Å². The first-order valence-corrected chi connectivity index (χ1v) is 10.7. The SMILES string of the molecule is Cc1nc2c(c(=O)n1C)CCN(C(=O)c1cnc3c(c1)ncn3Cc1ccccc1)CC2. The maximum atomic E-state index is 13.2. The Morgan fingerprint density at radius 2 is 1.88 bits per heavy atom. The molecule has 1 aromatic carbocycles. The summed E-state index contributed by atoms with van der Waals surface area (Å²) in [6, 6.07) is 11.9. The number of amides is 1. The summed E-state index contributed by atoms with van der Waals surface area (Å²) in [6.07, 6.45) is 4.44. The van der Waals surface area contributed by atoms with Crippen molar-refractivity contribution in [3.63, 3.8) is 0 Å². The van der Waals surface area contributed by atoms with Gasteiger partial charge in [-0.05, 0) is 25.0 Å². The van der Waals surface area contributed by atoms with Crippen molar-refractivity contribution < 1.29 is 4.79 Å². The van der Waals surface area contributed by atoms with Crippen LogP contribution in [0.1, 0.15) is 33.0 Å². The van der Waals surface area contributed by atoms with Gasteiger partial charge >= 0.3 is 0 Å². The minimum absolute atomic E-state index is 0.0196. The van der Waals surface area contributed by atoms with Crippen LogP contribution < -0.4 is 5.56 Å². The molecule has 0 bridgehead atoms. The van der Waals surface area contributed by atoms with Crippen LogP contribution in [-0.4, -0.2) is 48.0 Å². The highest BCUT2D eigenvalue weighted by atomic mass is 16.2. The predicted octanol–water partition coefficient (Wildman–Crippen LogP) is 2.12. The first kappa shape index (κ1) is 20.1. The van der Waals surface area contributed by atoms with Gasteiger partial charge in [0.05, 0.1) is 24.1 Å². The van der Waals surface area contributed by atoms with Crippen LogP contribution in [0.3, 0.4) is 0 Å². The number of aryl methyl sites for hydroxylation is 1. The fourth-order valence-electron chi connectivity index (χ4n) is 4.22. The fraction of sp³-hybridized carbons (Fsp3) is 0.292. The third kappa shape index (κ3) is 3.57. The van der Waals surface area contributed by atoms with Gasteiger partial charge in [-0.3, -0.25) is 14.2 Å². The van der Waals surface area contributed by atoms with Crippen LogP contribution in [0.4, 0.5) is 0 Å². The first-order chi connectivity index (χ1) is 15.5. The molecule has 0 saturated carbocycles. The fourth-order valence-corrected chi connectivity index (χ4v) is 4.22. The molecule has 4 heterocycles. The number of aromatic nitrogens is 5. The summed E-state index contributed by atoms with van der Waals surface area (Å²) in [5.41, 5.74) is 4.59. The van der Waals surface area contributed by atoms with Gasteiger partial charge in [0.1, 0.15) is 11.3 Å². The average Bonchev–Trinajstić information content (AvgIpc) is 3.08. The normalized spacial score (nSPS) is 13.8. The summed E-state index contributed by atoms with van der Waals surface area (Å²) < 4.78 is 3.55. The third-order valence-corrected chi connectivity index (χ3v) is 6.13. The minimum Gasteiger partial charge on any atom is -0.338 e. The van der Waals surface area contributed by atoms with E-state index in [2.05, 4.69) is 27.1 Å². The molecule has 0 atom stereocenters. The van der Waals surface area contributed by atoms with E-state index in [1.807, 2.05) is 29.7 Å². The van der Waals surface area contributed by atoms with Crippen LogP contribution >= 0.6 is 0 Å². The summed E-state index contributed by atoms with van der Waals surface area (Å²) in [5.74, 6) is 0.590. The topological polar surface area (TPSA) is 85.9 Å². The van der Waals surface area contributed by atoms with Gasteiger partial charge in [0.2, 0.25) is 0 Å². The third-order valence-electron chi connectivity index (χ3n) is 6.13. The lowest BCUT2D eigenvalue weighted by molar-refractivity contribution is 0.0762. The second-order valence-corrected chi connectivity index (χ2v) is 8.17. The summed E-state index contributed by atoms with van der Waals surface area (Å²) >= 11 is 0. The number of hydrogen-bond acceptors (Lipinski definition) is 5. The van der Waals surface area contributed by atoms with Crippen LogP contribution in [0.25, 0.3) is 11.2 Å². The van der Waals surface area contributed by atoms with E-state index in [0.717, 1.165) is 16.9 Å². The molecule has 32 heavy (non-hydrogen) atoms. The van der Waals surface area contributed by atoms with E-state index in [1.165, 1.54) is 0 Å². The highest BCUT2D eigenvalue weighted by Gasteiger charge is 2.24. The number of nitrogens with zero attached hydrogens (tertiary/aromatic N) is 6. The van der Waals surface area contributed by atoms with Gasteiger partial charge in [-0.2, -0.15) is 0 Å². The van der Waals surface area contributed by atoms with Gasteiger partial charge in [0.25, 0.3) is 11.5 Å². The highest BCUT2D eigenvalue weighted by Crippen LogP contribution is 2.17. The Kier molecular flexibility index (Phi) is 5.05. The van der Waals surface area contributed by atoms with Crippen molar-refractivity contribution in [1.29, 1.82) is 0 Å². The lowest BCUT2D eigenvalue weighted by Gasteiger charge is -2.20. The maximum Gasteiger partial charge on any atom is 0.256 e. The Morgan fingerprint density at radius 3 is 2.69 bits per heavy atom. The van der Waals surface area contributed by atoms with E-state index in [9.17, 15) is 9.59 Å². The van der Waals surface area contributed by atoms with Gasteiger partial charge in [-0.25, -0.2) is 15.0 Å². The van der Waals surface area contributed by atoms with Gasteiger partial charge in [0, 0.05) is 38.3 Å². The van der Waals surface area contributed by atoms with Crippen LogP contribution in [0.15, 0.2) is 53.7 Å². The molecule has 3 aromatic heterocycles. The number of carbonyl (C=O) groups excluding carboxylic acids is 1. The minimum atomic E-state index is -0.0987. The van der Waals surface area contributed by atoms with Crippen LogP contribution in [0.2, 0.25) is 0 Å². The molecule has 5 rings (SSSR count). The van der Waals surface area contributed by atoms with E-state index >= 15 is 0 Å². The predicted molar refractivity (Wildman–Crippen MR) is 121 cm³/mol. The van der Waals surface area contributed by atoms with Crippen molar-refractivity contribution in [1.82, 2.24) is 29.0 Å². The Labute approximate surface area is 185 Å². The zero-order chi connectivity index (χ0) is 22.2. The monoisotopic (exact) mass is 428 g/mol. The van der Waals surface area contributed by atoms with Crippen LogP contribution in [0.5, 0.6) is 0 Å². The molecular formula is C24H24N6O2. The molecule has 0 aliphatic carbocycles. The van der Waals surface area contributed by atoms with Crippen molar-refractivity contribution in [2.24, 2.45) is 7.05 Å².